The number of likely N-dealkylation sites (tertiary alicyclic amines) is 1. The number of carbonyl (C=O) groups is 2. The summed E-state index contributed by atoms with van der Waals surface area (Å²) in [5.41, 5.74) is 5.46. The van der Waals surface area contributed by atoms with Gasteiger partial charge < -0.3 is 20.4 Å². The number of nitrogens with zero attached hydrogens (tertiary/aromatic N) is 4. The molecule has 0 aliphatic carbocycles. The maximum Gasteiger partial charge on any atom is 0.248 e. The van der Waals surface area contributed by atoms with Crippen LogP contribution in [0.25, 0.3) is 10.4 Å². The molecule has 1 aromatic carbocycles. The number of hydrogen-bond acceptors (Lipinski definition) is 7. The van der Waals surface area contributed by atoms with Gasteiger partial charge in [-0.25, -0.2) is 4.98 Å². The Morgan fingerprint density at radius 2 is 1.87 bits per heavy atom. The summed E-state index contributed by atoms with van der Waals surface area (Å²) in [7, 11) is 0. The number of rotatable bonds is 8. The molecule has 10 heteroatoms. The zero-order valence-electron chi connectivity index (χ0n) is 23.0. The summed E-state index contributed by atoms with van der Waals surface area (Å²) in [5, 5.41) is 27.6. The van der Waals surface area contributed by atoms with E-state index in [1.54, 1.807) is 27.7 Å². The highest BCUT2D eigenvalue weighted by atomic mass is 32.1. The molecule has 4 rings (SSSR count). The lowest BCUT2D eigenvalue weighted by Gasteiger charge is -2.30. The number of β-amino-alcohol motifs (C(OH)–C–C–N with tert-alkyl or cyclic N) is 1. The van der Waals surface area contributed by atoms with Crippen molar-refractivity contribution in [3.8, 4) is 10.4 Å². The van der Waals surface area contributed by atoms with Crippen molar-refractivity contribution in [1.82, 2.24) is 25.0 Å². The second-order valence-corrected chi connectivity index (χ2v) is 10.6. The number of hydrogen-bond donors (Lipinski definition) is 3. The van der Waals surface area contributed by atoms with Crippen LogP contribution in [0.1, 0.15) is 63.0 Å². The summed E-state index contributed by atoms with van der Waals surface area (Å²) in [6.45, 7) is 11.5. The van der Waals surface area contributed by atoms with Gasteiger partial charge in [0.15, 0.2) is 0 Å². The van der Waals surface area contributed by atoms with Crippen LogP contribution >= 0.6 is 11.3 Å². The van der Waals surface area contributed by atoms with Gasteiger partial charge in [-0.05, 0) is 36.5 Å². The second kappa shape index (κ2) is 13.1. The Morgan fingerprint density at radius 1 is 1.18 bits per heavy atom. The molecule has 2 aromatic heterocycles. The van der Waals surface area contributed by atoms with Crippen LogP contribution in [0.15, 0.2) is 42.2 Å². The Kier molecular flexibility index (Phi) is 10.2. The average molecular weight is 542 g/mol. The van der Waals surface area contributed by atoms with Gasteiger partial charge in [0, 0.05) is 19.2 Å². The molecule has 0 spiro atoms. The monoisotopic (exact) mass is 541 g/mol. The number of aryl methyl sites for hydroxylation is 2. The van der Waals surface area contributed by atoms with Crippen molar-refractivity contribution < 1.29 is 19.8 Å². The maximum atomic E-state index is 13.6. The van der Waals surface area contributed by atoms with Crippen molar-refractivity contribution in [2.24, 2.45) is 5.92 Å². The molecule has 9 nitrogen and oxygen atoms in total. The Balaban J connectivity index is 0.00000195. The van der Waals surface area contributed by atoms with E-state index in [9.17, 15) is 19.8 Å². The van der Waals surface area contributed by atoms with Gasteiger partial charge in [-0.15, -0.1) is 11.3 Å². The Labute approximate surface area is 228 Å². The van der Waals surface area contributed by atoms with Crippen LogP contribution in [0.3, 0.4) is 0 Å². The smallest absolute Gasteiger partial charge is 0.248 e. The van der Waals surface area contributed by atoms with Crippen molar-refractivity contribution >= 4 is 23.2 Å². The molecule has 1 saturated heterocycles. The van der Waals surface area contributed by atoms with Crippen molar-refractivity contribution in [3.63, 3.8) is 0 Å². The van der Waals surface area contributed by atoms with E-state index in [0.717, 1.165) is 27.3 Å². The number of amides is 2. The van der Waals surface area contributed by atoms with Gasteiger partial charge >= 0.3 is 0 Å². The highest BCUT2D eigenvalue weighted by Gasteiger charge is 2.43. The summed E-state index contributed by atoms with van der Waals surface area (Å²) >= 11 is 1.56. The van der Waals surface area contributed by atoms with E-state index >= 15 is 0 Å². The summed E-state index contributed by atoms with van der Waals surface area (Å²) < 4.78 is 1.63. The van der Waals surface area contributed by atoms with E-state index in [0.29, 0.717) is 0 Å². The molecule has 3 heterocycles. The normalized spacial score (nSPS) is 18.6. The number of aliphatic hydroxyl groups is 2. The third kappa shape index (κ3) is 6.48. The molecular formula is C28H39N5O4S. The molecule has 0 bridgehead atoms. The van der Waals surface area contributed by atoms with Crippen molar-refractivity contribution in [1.29, 1.82) is 0 Å². The second-order valence-electron chi connectivity index (χ2n) is 9.72. The summed E-state index contributed by atoms with van der Waals surface area (Å²) in [4.78, 5) is 33.7. The van der Waals surface area contributed by atoms with Gasteiger partial charge in [0.1, 0.15) is 12.1 Å². The van der Waals surface area contributed by atoms with Crippen LogP contribution in [0, 0.1) is 19.8 Å². The molecule has 3 aromatic rings. The Hall–Kier alpha value is -3.08. The SMILES string of the molecule is CC.Cc1cnn(C(C(=O)N2CC(O)CC2C(=O)NC(CO)c2ccc(-c3scnc3C)cc2)C(C)C)c1. The summed E-state index contributed by atoms with van der Waals surface area (Å²) in [6.07, 6.45) is 2.84. The minimum absolute atomic E-state index is 0.0656. The number of aromatic nitrogens is 3. The first-order valence-electron chi connectivity index (χ1n) is 13.1. The lowest BCUT2D eigenvalue weighted by atomic mass is 10.0. The molecule has 38 heavy (non-hydrogen) atoms. The topological polar surface area (TPSA) is 121 Å². The van der Waals surface area contributed by atoms with E-state index in [4.69, 9.17) is 0 Å². The Morgan fingerprint density at radius 3 is 2.39 bits per heavy atom. The minimum atomic E-state index is -0.835. The predicted molar refractivity (Wildman–Crippen MR) is 149 cm³/mol. The summed E-state index contributed by atoms with van der Waals surface area (Å²) in [6, 6.07) is 5.57. The zero-order chi connectivity index (χ0) is 28.0. The van der Waals surface area contributed by atoms with E-state index in [2.05, 4.69) is 15.4 Å². The van der Waals surface area contributed by atoms with Crippen LogP contribution in [-0.2, 0) is 9.59 Å². The number of carbonyl (C=O) groups excluding carboxylic acids is 2. The molecule has 2 amide bonds. The highest BCUT2D eigenvalue weighted by Crippen LogP contribution is 2.29. The third-order valence-corrected chi connectivity index (χ3v) is 7.56. The van der Waals surface area contributed by atoms with Crippen molar-refractivity contribution in [3.05, 3.63) is 59.0 Å². The van der Waals surface area contributed by atoms with E-state index in [1.165, 1.54) is 4.90 Å². The van der Waals surface area contributed by atoms with Crippen molar-refractivity contribution in [2.45, 2.75) is 72.2 Å². The van der Waals surface area contributed by atoms with Crippen LogP contribution in [0.2, 0.25) is 0 Å². The molecule has 206 valence electrons. The quantitative estimate of drug-likeness (QED) is 0.400. The minimum Gasteiger partial charge on any atom is -0.394 e. The van der Waals surface area contributed by atoms with E-state index in [1.807, 2.05) is 72.0 Å². The van der Waals surface area contributed by atoms with Gasteiger partial charge in [-0.2, -0.15) is 5.10 Å². The van der Waals surface area contributed by atoms with Gasteiger partial charge in [-0.1, -0.05) is 52.0 Å². The summed E-state index contributed by atoms with van der Waals surface area (Å²) in [5.74, 6) is -0.723. The average Bonchev–Trinajstić information content (AvgIpc) is 3.63. The van der Waals surface area contributed by atoms with Gasteiger partial charge in [0.05, 0.1) is 41.0 Å². The van der Waals surface area contributed by atoms with E-state index in [-0.39, 0.29) is 31.4 Å². The lowest BCUT2D eigenvalue weighted by molar-refractivity contribution is -0.142. The first-order valence-corrected chi connectivity index (χ1v) is 14.0. The maximum absolute atomic E-state index is 13.6. The van der Waals surface area contributed by atoms with Gasteiger partial charge in [0.2, 0.25) is 11.8 Å². The van der Waals surface area contributed by atoms with Crippen LogP contribution in [-0.4, -0.2) is 67.0 Å². The first kappa shape index (κ1) is 29.5. The number of nitrogens with one attached hydrogen (secondary N) is 1. The van der Waals surface area contributed by atoms with Crippen LogP contribution in [0.5, 0.6) is 0 Å². The molecule has 0 saturated carbocycles. The molecule has 0 radical (unpaired) electrons. The molecule has 4 unspecified atom stereocenters. The van der Waals surface area contributed by atoms with Crippen LogP contribution in [0.4, 0.5) is 0 Å². The molecule has 3 N–H and O–H groups in total. The molecule has 1 aliphatic rings. The fraction of sp³-hybridized carbons (Fsp3) is 0.500. The van der Waals surface area contributed by atoms with Crippen molar-refractivity contribution in [2.75, 3.05) is 13.2 Å². The van der Waals surface area contributed by atoms with Gasteiger partial charge in [0.25, 0.3) is 0 Å². The number of thiazole rings is 1. The first-order chi connectivity index (χ1) is 18.2. The third-order valence-electron chi connectivity index (χ3n) is 6.58. The fourth-order valence-electron chi connectivity index (χ4n) is 4.71. The molecule has 1 fully saturated rings. The zero-order valence-corrected chi connectivity index (χ0v) is 23.8. The Bertz CT molecular complexity index is 1210. The predicted octanol–water partition coefficient (Wildman–Crippen LogP) is 3.66. The lowest BCUT2D eigenvalue weighted by Crippen LogP contribution is -2.50. The number of benzene rings is 1. The van der Waals surface area contributed by atoms with Crippen LogP contribution < -0.4 is 5.32 Å². The standard InChI is InChI=1S/C26H33N5O4S.C2H6/c1-15(2)23(31-11-16(3)10-28-31)26(35)30-12-20(33)9-22(30)25(34)29-21(13-32)18-5-7-19(8-6-18)24-17(4)27-14-36-24;1-2/h5-8,10-11,14-15,20-23,32-33H,9,12-13H2,1-4H3,(H,29,34);1-2H3. The highest BCUT2D eigenvalue weighted by molar-refractivity contribution is 7.13. The van der Waals surface area contributed by atoms with Gasteiger partial charge in [-0.3, -0.25) is 14.3 Å². The largest absolute Gasteiger partial charge is 0.394 e. The fourth-order valence-corrected chi connectivity index (χ4v) is 5.52. The molecule has 4 atom stereocenters. The number of aliphatic hydroxyl groups excluding tert-OH is 2. The van der Waals surface area contributed by atoms with E-state index < -0.39 is 30.1 Å². The molecule has 1 aliphatic heterocycles. The molecular weight excluding hydrogens is 502 g/mol.